The molecule has 0 aliphatic heterocycles. The van der Waals surface area contributed by atoms with Crippen molar-refractivity contribution in [3.63, 3.8) is 0 Å². The third-order valence-electron chi connectivity index (χ3n) is 4.48. The SMILES string of the molecule is CCc1nc2scc(-c3ccc(OC)c(C)c3)c2c(=O)n1C(C)C(=O)O. The zero-order chi connectivity index (χ0) is 19.0. The fraction of sp³-hybridized carbons (Fsp3) is 0.316. The highest BCUT2D eigenvalue weighted by atomic mass is 32.1. The standard InChI is InChI=1S/C19H20N2O4S/c1-5-15-20-17-16(18(22)21(15)11(3)19(23)24)13(9-26-17)12-6-7-14(25-4)10(2)8-12/h6-9,11H,5H2,1-4H3,(H,23,24). The molecule has 0 amide bonds. The zero-order valence-corrected chi connectivity index (χ0v) is 15.9. The first-order valence-corrected chi connectivity index (χ1v) is 9.17. The van der Waals surface area contributed by atoms with Crippen LogP contribution in [0.4, 0.5) is 0 Å². The summed E-state index contributed by atoms with van der Waals surface area (Å²) in [5.74, 6) is 0.202. The van der Waals surface area contributed by atoms with Gasteiger partial charge in [-0.25, -0.2) is 9.78 Å². The molecule has 0 spiro atoms. The first-order chi connectivity index (χ1) is 12.4. The highest BCUT2D eigenvalue weighted by molar-refractivity contribution is 7.17. The van der Waals surface area contributed by atoms with Gasteiger partial charge in [0.1, 0.15) is 22.4 Å². The van der Waals surface area contributed by atoms with E-state index in [0.717, 1.165) is 22.4 Å². The van der Waals surface area contributed by atoms with E-state index in [1.165, 1.54) is 22.8 Å². The van der Waals surface area contributed by atoms with E-state index in [2.05, 4.69) is 4.98 Å². The monoisotopic (exact) mass is 372 g/mol. The van der Waals surface area contributed by atoms with Gasteiger partial charge in [-0.2, -0.15) is 0 Å². The Balaban J connectivity index is 2.30. The molecular weight excluding hydrogens is 352 g/mol. The smallest absolute Gasteiger partial charge is 0.326 e. The van der Waals surface area contributed by atoms with E-state index in [-0.39, 0.29) is 5.56 Å². The summed E-state index contributed by atoms with van der Waals surface area (Å²) < 4.78 is 6.58. The second-order valence-electron chi connectivity index (χ2n) is 6.08. The Labute approximate surface area is 154 Å². The van der Waals surface area contributed by atoms with Gasteiger partial charge in [0, 0.05) is 17.4 Å². The molecule has 2 heterocycles. The van der Waals surface area contributed by atoms with Gasteiger partial charge in [-0.15, -0.1) is 11.3 Å². The van der Waals surface area contributed by atoms with Crippen LogP contribution in [0.5, 0.6) is 5.75 Å². The number of carboxylic acid groups (broad SMARTS) is 1. The van der Waals surface area contributed by atoms with Gasteiger partial charge in [0.2, 0.25) is 0 Å². The summed E-state index contributed by atoms with van der Waals surface area (Å²) in [6.07, 6.45) is 0.484. The maximum Gasteiger partial charge on any atom is 0.326 e. The van der Waals surface area contributed by atoms with E-state index in [1.54, 1.807) is 7.11 Å². The molecule has 26 heavy (non-hydrogen) atoms. The topological polar surface area (TPSA) is 81.4 Å². The van der Waals surface area contributed by atoms with Gasteiger partial charge >= 0.3 is 5.97 Å². The molecule has 1 N–H and O–H groups in total. The molecule has 0 aliphatic carbocycles. The molecule has 6 nitrogen and oxygen atoms in total. The summed E-state index contributed by atoms with van der Waals surface area (Å²) in [6.45, 7) is 5.30. The Bertz CT molecular complexity index is 1050. The molecular formula is C19H20N2O4S. The predicted molar refractivity (Wildman–Crippen MR) is 102 cm³/mol. The lowest BCUT2D eigenvalue weighted by Gasteiger charge is -2.15. The normalized spacial score (nSPS) is 12.3. The number of benzene rings is 1. The number of rotatable bonds is 5. The maximum absolute atomic E-state index is 13.2. The average Bonchev–Trinajstić information content (AvgIpc) is 3.05. The Hall–Kier alpha value is -2.67. The number of aryl methyl sites for hydroxylation is 2. The second-order valence-corrected chi connectivity index (χ2v) is 6.94. The number of carbonyl (C=O) groups is 1. The van der Waals surface area contributed by atoms with Crippen molar-refractivity contribution in [1.29, 1.82) is 0 Å². The summed E-state index contributed by atoms with van der Waals surface area (Å²) in [5.41, 5.74) is 2.29. The Morgan fingerprint density at radius 2 is 2.15 bits per heavy atom. The molecule has 1 unspecified atom stereocenters. The number of carboxylic acids is 1. The van der Waals surface area contributed by atoms with Crippen LogP contribution in [0.3, 0.4) is 0 Å². The van der Waals surface area contributed by atoms with Crippen LogP contribution in [0.25, 0.3) is 21.3 Å². The molecule has 1 aromatic carbocycles. The average molecular weight is 372 g/mol. The maximum atomic E-state index is 13.2. The molecule has 0 fully saturated rings. The lowest BCUT2D eigenvalue weighted by Crippen LogP contribution is -2.31. The van der Waals surface area contributed by atoms with E-state index in [9.17, 15) is 14.7 Å². The number of fused-ring (bicyclic) bond motifs is 1. The molecule has 0 aliphatic rings. The highest BCUT2D eigenvalue weighted by Crippen LogP contribution is 2.33. The fourth-order valence-electron chi connectivity index (χ4n) is 3.06. The molecule has 0 saturated carbocycles. The van der Waals surface area contributed by atoms with E-state index < -0.39 is 12.0 Å². The molecule has 0 bridgehead atoms. The van der Waals surface area contributed by atoms with Gasteiger partial charge in [0.15, 0.2) is 0 Å². The second kappa shape index (κ2) is 6.92. The molecule has 1 atom stereocenters. The summed E-state index contributed by atoms with van der Waals surface area (Å²) in [6, 6.07) is 4.74. The van der Waals surface area contributed by atoms with Crippen molar-refractivity contribution in [3.05, 3.63) is 45.3 Å². The Morgan fingerprint density at radius 3 is 2.73 bits per heavy atom. The van der Waals surface area contributed by atoms with Crippen molar-refractivity contribution in [1.82, 2.24) is 9.55 Å². The fourth-order valence-corrected chi connectivity index (χ4v) is 4.02. The van der Waals surface area contributed by atoms with Crippen LogP contribution >= 0.6 is 11.3 Å². The molecule has 3 rings (SSSR count). The lowest BCUT2D eigenvalue weighted by molar-refractivity contribution is -0.140. The van der Waals surface area contributed by atoms with Gasteiger partial charge in [-0.1, -0.05) is 13.0 Å². The Morgan fingerprint density at radius 1 is 1.42 bits per heavy atom. The minimum absolute atomic E-state index is 0.313. The molecule has 0 saturated heterocycles. The first kappa shape index (κ1) is 18.1. The summed E-state index contributed by atoms with van der Waals surface area (Å²) in [5, 5.41) is 11.7. The summed E-state index contributed by atoms with van der Waals surface area (Å²) >= 11 is 1.39. The van der Waals surface area contributed by atoms with Gasteiger partial charge in [0.05, 0.1) is 12.5 Å². The molecule has 136 valence electrons. The number of aliphatic carboxylic acids is 1. The number of aromatic nitrogens is 2. The zero-order valence-electron chi connectivity index (χ0n) is 15.1. The third kappa shape index (κ3) is 2.88. The van der Waals surface area contributed by atoms with Crippen molar-refractivity contribution in [2.75, 3.05) is 7.11 Å². The molecule has 3 aromatic rings. The van der Waals surface area contributed by atoms with E-state index in [4.69, 9.17) is 4.74 Å². The minimum Gasteiger partial charge on any atom is -0.496 e. The number of hydrogen-bond donors (Lipinski definition) is 1. The van der Waals surface area contributed by atoms with Crippen molar-refractivity contribution >= 4 is 27.5 Å². The molecule has 2 aromatic heterocycles. The minimum atomic E-state index is -1.06. The molecule has 7 heteroatoms. The van der Waals surface area contributed by atoms with Crippen LogP contribution in [0.1, 0.15) is 31.3 Å². The van der Waals surface area contributed by atoms with Crippen LogP contribution in [-0.4, -0.2) is 27.7 Å². The van der Waals surface area contributed by atoms with Crippen LogP contribution in [0.15, 0.2) is 28.4 Å². The van der Waals surface area contributed by atoms with E-state index in [0.29, 0.717) is 22.5 Å². The van der Waals surface area contributed by atoms with Crippen LogP contribution in [0, 0.1) is 6.92 Å². The highest BCUT2D eigenvalue weighted by Gasteiger charge is 2.23. The van der Waals surface area contributed by atoms with Gasteiger partial charge in [0.25, 0.3) is 5.56 Å². The van der Waals surface area contributed by atoms with Crippen molar-refractivity contribution in [2.45, 2.75) is 33.2 Å². The summed E-state index contributed by atoms with van der Waals surface area (Å²) in [7, 11) is 1.62. The van der Waals surface area contributed by atoms with Crippen LogP contribution < -0.4 is 10.3 Å². The van der Waals surface area contributed by atoms with Gasteiger partial charge in [-0.3, -0.25) is 9.36 Å². The summed E-state index contributed by atoms with van der Waals surface area (Å²) in [4.78, 5) is 29.8. The predicted octanol–water partition coefficient (Wildman–Crippen LogP) is 3.65. The number of methoxy groups -OCH3 is 1. The van der Waals surface area contributed by atoms with Crippen molar-refractivity contribution in [3.8, 4) is 16.9 Å². The number of ether oxygens (including phenoxy) is 1. The van der Waals surface area contributed by atoms with Crippen molar-refractivity contribution in [2.24, 2.45) is 0 Å². The van der Waals surface area contributed by atoms with Crippen LogP contribution in [-0.2, 0) is 11.2 Å². The Kier molecular flexibility index (Phi) is 4.82. The van der Waals surface area contributed by atoms with Gasteiger partial charge in [-0.05, 0) is 37.1 Å². The van der Waals surface area contributed by atoms with Crippen molar-refractivity contribution < 1.29 is 14.6 Å². The number of thiophene rings is 1. The largest absolute Gasteiger partial charge is 0.496 e. The van der Waals surface area contributed by atoms with Crippen LogP contribution in [0.2, 0.25) is 0 Å². The molecule has 0 radical (unpaired) electrons. The third-order valence-corrected chi connectivity index (χ3v) is 5.35. The van der Waals surface area contributed by atoms with E-state index >= 15 is 0 Å². The first-order valence-electron chi connectivity index (χ1n) is 8.29. The quantitative estimate of drug-likeness (QED) is 0.739. The lowest BCUT2D eigenvalue weighted by atomic mass is 10.0. The van der Waals surface area contributed by atoms with Gasteiger partial charge < -0.3 is 9.84 Å². The number of hydrogen-bond acceptors (Lipinski definition) is 5. The number of nitrogens with zero attached hydrogens (tertiary/aromatic N) is 2. The van der Waals surface area contributed by atoms with E-state index in [1.807, 2.05) is 37.4 Å².